The maximum atomic E-state index is 6.21. The summed E-state index contributed by atoms with van der Waals surface area (Å²) in [6.45, 7) is 9.44. The lowest BCUT2D eigenvalue weighted by Gasteiger charge is -2.25. The molecule has 1 rings (SSSR count). The third-order valence-electron chi connectivity index (χ3n) is 3.35. The largest absolute Gasteiger partial charge is 0.372 e. The Kier molecular flexibility index (Phi) is 6.37. The van der Waals surface area contributed by atoms with Crippen LogP contribution < -0.4 is 5.73 Å². The third-order valence-corrected chi connectivity index (χ3v) is 3.35. The Bertz CT molecular complexity index is 349. The van der Waals surface area contributed by atoms with Gasteiger partial charge in [0.1, 0.15) is 0 Å². The molecule has 0 saturated heterocycles. The van der Waals surface area contributed by atoms with Gasteiger partial charge in [0.15, 0.2) is 0 Å². The molecule has 0 aliphatic heterocycles. The molecule has 0 saturated carbocycles. The average molecular weight is 249 g/mol. The van der Waals surface area contributed by atoms with Crippen molar-refractivity contribution in [2.75, 3.05) is 6.61 Å². The van der Waals surface area contributed by atoms with Crippen molar-refractivity contribution in [2.45, 2.75) is 52.7 Å². The Morgan fingerprint density at radius 2 is 1.89 bits per heavy atom. The highest BCUT2D eigenvalue weighted by atomic mass is 16.5. The summed E-state index contributed by atoms with van der Waals surface area (Å²) in [6, 6.07) is 8.44. The van der Waals surface area contributed by atoms with Crippen molar-refractivity contribution in [2.24, 2.45) is 11.7 Å². The molecule has 18 heavy (non-hydrogen) atoms. The Morgan fingerprint density at radius 3 is 2.44 bits per heavy atom. The highest BCUT2D eigenvalue weighted by Crippen LogP contribution is 2.25. The molecule has 1 aromatic rings. The van der Waals surface area contributed by atoms with E-state index in [1.165, 1.54) is 11.1 Å². The highest BCUT2D eigenvalue weighted by Gasteiger charge is 2.20. The first-order chi connectivity index (χ1) is 8.56. The van der Waals surface area contributed by atoms with Gasteiger partial charge in [0.2, 0.25) is 0 Å². The second-order valence-corrected chi connectivity index (χ2v) is 5.40. The van der Waals surface area contributed by atoms with Crippen LogP contribution in [0.2, 0.25) is 0 Å². The number of aryl methyl sites for hydroxylation is 1. The summed E-state index contributed by atoms with van der Waals surface area (Å²) in [5.41, 5.74) is 8.70. The molecule has 2 N–H and O–H groups in total. The lowest BCUT2D eigenvalue weighted by Crippen LogP contribution is -2.30. The van der Waals surface area contributed by atoms with Gasteiger partial charge in [0, 0.05) is 12.6 Å². The van der Waals surface area contributed by atoms with Gasteiger partial charge in [-0.15, -0.1) is 0 Å². The van der Waals surface area contributed by atoms with Crippen LogP contribution in [0.3, 0.4) is 0 Å². The highest BCUT2D eigenvalue weighted by molar-refractivity contribution is 5.28. The van der Waals surface area contributed by atoms with E-state index in [1.54, 1.807) is 0 Å². The van der Waals surface area contributed by atoms with Crippen LogP contribution in [0.5, 0.6) is 0 Å². The SMILES string of the molecule is CCC(N)C(OCCC(C)C)c1ccccc1C. The fraction of sp³-hybridized carbons (Fsp3) is 0.625. The van der Waals surface area contributed by atoms with Crippen LogP contribution in [0.15, 0.2) is 24.3 Å². The van der Waals surface area contributed by atoms with E-state index in [2.05, 4.69) is 52.0 Å². The van der Waals surface area contributed by atoms with Crippen molar-refractivity contribution in [1.82, 2.24) is 0 Å². The van der Waals surface area contributed by atoms with E-state index in [4.69, 9.17) is 10.5 Å². The van der Waals surface area contributed by atoms with E-state index in [0.29, 0.717) is 5.92 Å². The Hall–Kier alpha value is -0.860. The van der Waals surface area contributed by atoms with Crippen molar-refractivity contribution in [3.05, 3.63) is 35.4 Å². The number of hydrogen-bond donors (Lipinski definition) is 1. The molecular weight excluding hydrogens is 222 g/mol. The number of nitrogens with two attached hydrogens (primary N) is 1. The maximum Gasteiger partial charge on any atom is 0.0978 e. The molecule has 1 aromatic carbocycles. The Labute approximate surface area is 112 Å². The molecule has 0 heterocycles. The van der Waals surface area contributed by atoms with Crippen molar-refractivity contribution in [3.63, 3.8) is 0 Å². The molecule has 2 atom stereocenters. The van der Waals surface area contributed by atoms with Gasteiger partial charge in [-0.2, -0.15) is 0 Å². The minimum atomic E-state index is 0.0231. The third kappa shape index (κ3) is 4.43. The molecular formula is C16H27NO. The van der Waals surface area contributed by atoms with Gasteiger partial charge in [0.05, 0.1) is 6.10 Å². The zero-order chi connectivity index (χ0) is 13.5. The van der Waals surface area contributed by atoms with Crippen molar-refractivity contribution in [1.29, 1.82) is 0 Å². The summed E-state index contributed by atoms with van der Waals surface area (Å²) >= 11 is 0. The van der Waals surface area contributed by atoms with E-state index < -0.39 is 0 Å². The van der Waals surface area contributed by atoms with E-state index in [0.717, 1.165) is 19.4 Å². The summed E-state index contributed by atoms with van der Waals surface area (Å²) in [5.74, 6) is 0.667. The summed E-state index contributed by atoms with van der Waals surface area (Å²) < 4.78 is 6.05. The lowest BCUT2D eigenvalue weighted by atomic mass is 9.97. The summed E-state index contributed by atoms with van der Waals surface area (Å²) in [4.78, 5) is 0. The maximum absolute atomic E-state index is 6.21. The summed E-state index contributed by atoms with van der Waals surface area (Å²) in [6.07, 6.45) is 2.04. The van der Waals surface area contributed by atoms with Gasteiger partial charge in [-0.25, -0.2) is 0 Å². The molecule has 0 aromatic heterocycles. The van der Waals surface area contributed by atoms with Crippen LogP contribution in [-0.4, -0.2) is 12.6 Å². The quantitative estimate of drug-likeness (QED) is 0.797. The number of benzene rings is 1. The Morgan fingerprint density at radius 1 is 1.22 bits per heavy atom. The average Bonchev–Trinajstić information content (AvgIpc) is 2.35. The van der Waals surface area contributed by atoms with Crippen molar-refractivity contribution >= 4 is 0 Å². The van der Waals surface area contributed by atoms with E-state index in [-0.39, 0.29) is 12.1 Å². The second kappa shape index (κ2) is 7.55. The standard InChI is InChI=1S/C16H27NO/c1-5-15(17)16(18-11-10-12(2)3)14-9-7-6-8-13(14)4/h6-9,12,15-16H,5,10-11,17H2,1-4H3. The molecule has 0 bridgehead atoms. The van der Waals surface area contributed by atoms with E-state index >= 15 is 0 Å². The van der Waals surface area contributed by atoms with Gasteiger partial charge in [-0.05, 0) is 36.8 Å². The van der Waals surface area contributed by atoms with Crippen LogP contribution in [0.1, 0.15) is 50.8 Å². The van der Waals surface area contributed by atoms with Gasteiger partial charge in [-0.3, -0.25) is 0 Å². The van der Waals surface area contributed by atoms with Crippen molar-refractivity contribution in [3.8, 4) is 0 Å². The van der Waals surface area contributed by atoms with Crippen molar-refractivity contribution < 1.29 is 4.74 Å². The first kappa shape index (κ1) is 15.2. The minimum Gasteiger partial charge on any atom is -0.372 e. The van der Waals surface area contributed by atoms with Crippen LogP contribution in [0.25, 0.3) is 0 Å². The molecule has 0 aliphatic carbocycles. The molecule has 2 unspecified atom stereocenters. The molecule has 0 spiro atoms. The number of ether oxygens (including phenoxy) is 1. The Balaban J connectivity index is 2.75. The first-order valence-electron chi connectivity index (χ1n) is 6.99. The van der Waals surface area contributed by atoms with Gasteiger partial charge >= 0.3 is 0 Å². The topological polar surface area (TPSA) is 35.2 Å². The van der Waals surface area contributed by atoms with Gasteiger partial charge in [0.25, 0.3) is 0 Å². The van der Waals surface area contributed by atoms with E-state index in [9.17, 15) is 0 Å². The fourth-order valence-electron chi connectivity index (χ4n) is 1.99. The van der Waals surface area contributed by atoms with Crippen LogP contribution >= 0.6 is 0 Å². The normalized spacial score (nSPS) is 14.8. The fourth-order valence-corrected chi connectivity index (χ4v) is 1.99. The first-order valence-corrected chi connectivity index (χ1v) is 6.99. The van der Waals surface area contributed by atoms with Gasteiger partial charge in [-0.1, -0.05) is 45.0 Å². The molecule has 0 radical (unpaired) electrons. The molecule has 0 fully saturated rings. The number of rotatable bonds is 7. The second-order valence-electron chi connectivity index (χ2n) is 5.40. The van der Waals surface area contributed by atoms with Gasteiger partial charge < -0.3 is 10.5 Å². The smallest absolute Gasteiger partial charge is 0.0978 e. The molecule has 2 heteroatoms. The summed E-state index contributed by atoms with van der Waals surface area (Å²) in [7, 11) is 0. The molecule has 0 amide bonds. The van der Waals surface area contributed by atoms with Crippen LogP contribution in [0.4, 0.5) is 0 Å². The lowest BCUT2D eigenvalue weighted by molar-refractivity contribution is 0.0271. The van der Waals surface area contributed by atoms with E-state index in [1.807, 2.05) is 0 Å². The zero-order valence-corrected chi connectivity index (χ0v) is 12.1. The zero-order valence-electron chi connectivity index (χ0n) is 12.1. The predicted octanol–water partition coefficient (Wildman–Crippen LogP) is 3.84. The van der Waals surface area contributed by atoms with Crippen LogP contribution in [-0.2, 0) is 4.74 Å². The van der Waals surface area contributed by atoms with Crippen LogP contribution in [0, 0.1) is 12.8 Å². The minimum absolute atomic E-state index is 0.0231. The number of hydrogen-bond acceptors (Lipinski definition) is 2. The monoisotopic (exact) mass is 249 g/mol. The molecule has 2 nitrogen and oxygen atoms in total. The molecule has 102 valence electrons. The molecule has 0 aliphatic rings. The summed E-state index contributed by atoms with van der Waals surface area (Å²) in [5, 5.41) is 0. The predicted molar refractivity (Wildman–Crippen MR) is 77.6 cm³/mol.